The monoisotopic (exact) mass is 174 g/mol. The molecule has 0 saturated carbocycles. The van der Waals surface area contributed by atoms with Gasteiger partial charge in [0.1, 0.15) is 12.7 Å². The fourth-order valence-corrected chi connectivity index (χ4v) is 0.513. The molecule has 0 saturated heterocycles. The van der Waals surface area contributed by atoms with Crippen LogP contribution in [0.4, 0.5) is 0 Å². The van der Waals surface area contributed by atoms with E-state index in [0.29, 0.717) is 6.61 Å². The summed E-state index contributed by atoms with van der Waals surface area (Å²) in [5.41, 5.74) is 0. The van der Waals surface area contributed by atoms with Gasteiger partial charge in [-0.15, -0.1) is 0 Å². The average Bonchev–Trinajstić information content (AvgIpc) is 2.00. The molecule has 0 aliphatic heterocycles. The van der Waals surface area contributed by atoms with Crippen molar-refractivity contribution in [2.24, 2.45) is 0 Å². The molecule has 1 unspecified atom stereocenters. The Balaban J connectivity index is 3.54. The largest absolute Gasteiger partial charge is 0.464 e. The van der Waals surface area contributed by atoms with E-state index in [1.165, 1.54) is 6.92 Å². The van der Waals surface area contributed by atoms with Crippen molar-refractivity contribution in [1.29, 1.82) is 0 Å². The molecule has 0 rings (SSSR count). The summed E-state index contributed by atoms with van der Waals surface area (Å²) in [6.07, 6.45) is -0.533. The number of hydrogen-bond acceptors (Lipinski definition) is 4. The zero-order chi connectivity index (χ0) is 9.56. The van der Waals surface area contributed by atoms with Gasteiger partial charge in [0.25, 0.3) is 0 Å². The second kappa shape index (κ2) is 5.71. The highest BCUT2D eigenvalue weighted by Gasteiger charge is 2.10. The summed E-state index contributed by atoms with van der Waals surface area (Å²) in [5, 5.41) is 0. The van der Waals surface area contributed by atoms with E-state index in [-0.39, 0.29) is 12.4 Å². The first-order chi connectivity index (χ1) is 5.57. The van der Waals surface area contributed by atoms with Crippen molar-refractivity contribution in [2.45, 2.75) is 26.9 Å². The van der Waals surface area contributed by atoms with Crippen LogP contribution in [0.3, 0.4) is 0 Å². The van der Waals surface area contributed by atoms with Crippen LogP contribution >= 0.6 is 0 Å². The Hall–Kier alpha value is -0.900. The van der Waals surface area contributed by atoms with Gasteiger partial charge < -0.3 is 9.47 Å². The summed E-state index contributed by atoms with van der Waals surface area (Å²) >= 11 is 0. The quantitative estimate of drug-likeness (QED) is 0.571. The molecule has 0 aliphatic rings. The molecule has 0 fully saturated rings. The van der Waals surface area contributed by atoms with Crippen LogP contribution in [-0.4, -0.2) is 31.1 Å². The summed E-state index contributed by atoms with van der Waals surface area (Å²) in [4.78, 5) is 21.3. The Morgan fingerprint density at radius 1 is 1.42 bits per heavy atom. The summed E-state index contributed by atoms with van der Waals surface area (Å²) in [5.74, 6) is -0.537. The van der Waals surface area contributed by atoms with Crippen LogP contribution in [-0.2, 0) is 19.1 Å². The molecule has 0 bridgehead atoms. The standard InChI is InChI=1S/C8H14O4/c1-4-11-8(10)5-12-7(3)6(2)9/h7H,4-5H2,1-3H3. The van der Waals surface area contributed by atoms with Gasteiger partial charge in [-0.2, -0.15) is 0 Å². The maximum absolute atomic E-state index is 10.7. The van der Waals surface area contributed by atoms with Crippen molar-refractivity contribution in [3.63, 3.8) is 0 Å². The number of carbonyl (C=O) groups excluding carboxylic acids is 2. The van der Waals surface area contributed by atoms with Gasteiger partial charge in [-0.05, 0) is 20.8 Å². The van der Waals surface area contributed by atoms with Crippen LogP contribution in [0.2, 0.25) is 0 Å². The van der Waals surface area contributed by atoms with E-state index < -0.39 is 12.1 Å². The molecule has 4 heteroatoms. The summed E-state index contributed by atoms with van der Waals surface area (Å²) in [7, 11) is 0. The highest BCUT2D eigenvalue weighted by molar-refractivity contribution is 5.80. The topological polar surface area (TPSA) is 52.6 Å². The number of esters is 1. The van der Waals surface area contributed by atoms with Crippen LogP contribution in [0.1, 0.15) is 20.8 Å². The minimum Gasteiger partial charge on any atom is -0.464 e. The van der Waals surface area contributed by atoms with Crippen molar-refractivity contribution < 1.29 is 19.1 Å². The molecule has 0 amide bonds. The fraction of sp³-hybridized carbons (Fsp3) is 0.750. The highest BCUT2D eigenvalue weighted by Crippen LogP contribution is 1.92. The van der Waals surface area contributed by atoms with Crippen LogP contribution in [0.25, 0.3) is 0 Å². The SMILES string of the molecule is CCOC(=O)COC(C)C(C)=O. The Labute approximate surface area is 71.8 Å². The van der Waals surface area contributed by atoms with E-state index in [2.05, 4.69) is 4.74 Å². The van der Waals surface area contributed by atoms with Gasteiger partial charge in [0.15, 0.2) is 5.78 Å². The Bertz CT molecular complexity index is 164. The Kier molecular flexibility index (Phi) is 5.28. The van der Waals surface area contributed by atoms with Crippen molar-refractivity contribution >= 4 is 11.8 Å². The summed E-state index contributed by atoms with van der Waals surface area (Å²) in [6.45, 7) is 4.90. The van der Waals surface area contributed by atoms with Gasteiger partial charge in [0, 0.05) is 0 Å². The number of carbonyl (C=O) groups is 2. The third-order valence-electron chi connectivity index (χ3n) is 1.33. The van der Waals surface area contributed by atoms with Gasteiger partial charge >= 0.3 is 5.97 Å². The zero-order valence-corrected chi connectivity index (χ0v) is 7.62. The Morgan fingerprint density at radius 3 is 2.42 bits per heavy atom. The highest BCUT2D eigenvalue weighted by atomic mass is 16.6. The minimum absolute atomic E-state index is 0.0979. The molecule has 0 aromatic rings. The molecule has 0 aromatic heterocycles. The van der Waals surface area contributed by atoms with Crippen LogP contribution in [0, 0.1) is 0 Å². The third-order valence-corrected chi connectivity index (χ3v) is 1.33. The molecular formula is C8H14O4. The average molecular weight is 174 g/mol. The lowest BCUT2D eigenvalue weighted by Crippen LogP contribution is -2.22. The lowest BCUT2D eigenvalue weighted by molar-refractivity contribution is -0.151. The van der Waals surface area contributed by atoms with Gasteiger partial charge in [0.05, 0.1) is 6.61 Å². The Morgan fingerprint density at radius 2 is 2.00 bits per heavy atom. The molecule has 0 radical (unpaired) electrons. The molecule has 0 aromatic carbocycles. The van der Waals surface area contributed by atoms with Crippen LogP contribution in [0.15, 0.2) is 0 Å². The van der Waals surface area contributed by atoms with E-state index in [9.17, 15) is 9.59 Å². The van der Waals surface area contributed by atoms with Crippen molar-refractivity contribution in [3.8, 4) is 0 Å². The van der Waals surface area contributed by atoms with E-state index in [0.717, 1.165) is 0 Å². The third kappa shape index (κ3) is 4.85. The van der Waals surface area contributed by atoms with Gasteiger partial charge in [-0.1, -0.05) is 0 Å². The van der Waals surface area contributed by atoms with Gasteiger partial charge in [-0.3, -0.25) is 4.79 Å². The maximum Gasteiger partial charge on any atom is 0.332 e. The second-order valence-corrected chi connectivity index (χ2v) is 2.37. The smallest absolute Gasteiger partial charge is 0.332 e. The van der Waals surface area contributed by atoms with E-state index in [1.54, 1.807) is 13.8 Å². The first kappa shape index (κ1) is 11.1. The molecule has 0 heterocycles. The molecule has 70 valence electrons. The lowest BCUT2D eigenvalue weighted by atomic mass is 10.3. The number of Topliss-reactive ketones (excluding diaryl/α,β-unsaturated/α-hetero) is 1. The van der Waals surface area contributed by atoms with Crippen molar-refractivity contribution in [2.75, 3.05) is 13.2 Å². The molecule has 0 aliphatic carbocycles. The van der Waals surface area contributed by atoms with Crippen molar-refractivity contribution in [3.05, 3.63) is 0 Å². The van der Waals surface area contributed by atoms with E-state index in [1.807, 2.05) is 0 Å². The minimum atomic E-state index is -0.533. The number of rotatable bonds is 5. The molecule has 0 spiro atoms. The molecule has 12 heavy (non-hydrogen) atoms. The summed E-state index contributed by atoms with van der Waals surface area (Å²) < 4.78 is 9.49. The van der Waals surface area contributed by atoms with Gasteiger partial charge in [0.2, 0.25) is 0 Å². The van der Waals surface area contributed by atoms with E-state index >= 15 is 0 Å². The number of ether oxygens (including phenoxy) is 2. The molecular weight excluding hydrogens is 160 g/mol. The molecule has 1 atom stereocenters. The lowest BCUT2D eigenvalue weighted by Gasteiger charge is -2.08. The fourth-order valence-electron chi connectivity index (χ4n) is 0.513. The van der Waals surface area contributed by atoms with E-state index in [4.69, 9.17) is 4.74 Å². The number of ketones is 1. The normalized spacial score (nSPS) is 12.2. The predicted molar refractivity (Wildman–Crippen MR) is 42.7 cm³/mol. The second-order valence-electron chi connectivity index (χ2n) is 2.37. The zero-order valence-electron chi connectivity index (χ0n) is 7.62. The maximum atomic E-state index is 10.7. The first-order valence-corrected chi connectivity index (χ1v) is 3.85. The molecule has 0 N–H and O–H groups in total. The van der Waals surface area contributed by atoms with Crippen LogP contribution < -0.4 is 0 Å². The van der Waals surface area contributed by atoms with Crippen LogP contribution in [0.5, 0.6) is 0 Å². The van der Waals surface area contributed by atoms with Gasteiger partial charge in [-0.25, -0.2) is 4.79 Å². The number of hydrogen-bond donors (Lipinski definition) is 0. The summed E-state index contributed by atoms with van der Waals surface area (Å²) in [6, 6.07) is 0. The van der Waals surface area contributed by atoms with Crippen molar-refractivity contribution in [1.82, 2.24) is 0 Å². The first-order valence-electron chi connectivity index (χ1n) is 3.85. The molecule has 4 nitrogen and oxygen atoms in total. The predicted octanol–water partition coefficient (Wildman–Crippen LogP) is 0.544.